The molecule has 0 bridgehead atoms. The number of hydrogen-bond acceptors (Lipinski definition) is 7. The van der Waals surface area contributed by atoms with E-state index in [4.69, 9.17) is 18.6 Å². The molecular formula is C24H26N2O7S. The van der Waals surface area contributed by atoms with Gasteiger partial charge in [0.2, 0.25) is 15.9 Å². The molecule has 0 saturated carbocycles. The summed E-state index contributed by atoms with van der Waals surface area (Å²) < 4.78 is 49.6. The normalized spacial score (nSPS) is 15.0. The highest BCUT2D eigenvalue weighted by Gasteiger charge is 2.29. The van der Waals surface area contributed by atoms with E-state index in [0.717, 1.165) is 5.39 Å². The molecule has 1 amide bonds. The third kappa shape index (κ3) is 5.09. The molecule has 0 unspecified atom stereocenters. The summed E-state index contributed by atoms with van der Waals surface area (Å²) in [4.78, 5) is 12.5. The van der Waals surface area contributed by atoms with Crippen molar-refractivity contribution in [1.82, 2.24) is 4.31 Å². The number of nitrogens with one attached hydrogen (secondary N) is 1. The number of morpholine rings is 1. The lowest BCUT2D eigenvalue weighted by atomic mass is 10.2. The number of nitrogens with zero attached hydrogens (tertiary/aromatic N) is 1. The number of amides is 1. The highest BCUT2D eigenvalue weighted by atomic mass is 32.2. The summed E-state index contributed by atoms with van der Waals surface area (Å²) >= 11 is 0. The van der Waals surface area contributed by atoms with Crippen molar-refractivity contribution in [1.29, 1.82) is 0 Å². The van der Waals surface area contributed by atoms with E-state index in [-0.39, 0.29) is 23.7 Å². The number of para-hydroxylation sites is 1. The molecule has 180 valence electrons. The van der Waals surface area contributed by atoms with Gasteiger partial charge in [0.1, 0.15) is 16.4 Å². The molecule has 1 saturated heterocycles. The highest BCUT2D eigenvalue weighted by Crippen LogP contribution is 2.31. The van der Waals surface area contributed by atoms with Crippen LogP contribution in [-0.2, 0) is 19.6 Å². The number of methoxy groups -OCH3 is 1. The number of benzene rings is 2. The molecule has 0 aliphatic carbocycles. The van der Waals surface area contributed by atoms with E-state index in [1.165, 1.54) is 22.5 Å². The van der Waals surface area contributed by atoms with Gasteiger partial charge in [-0.05, 0) is 43.3 Å². The Hall–Kier alpha value is -3.34. The van der Waals surface area contributed by atoms with Gasteiger partial charge in [-0.3, -0.25) is 4.79 Å². The SMILES string of the molecule is CCOc1ccc(NC(=O)/C=C/c2cc3cccc(OC)c3o2)cc1S(=O)(=O)N1CCOCC1. The second kappa shape index (κ2) is 10.3. The summed E-state index contributed by atoms with van der Waals surface area (Å²) in [5.41, 5.74) is 0.922. The zero-order valence-electron chi connectivity index (χ0n) is 18.9. The summed E-state index contributed by atoms with van der Waals surface area (Å²) in [6, 6.07) is 11.9. The summed E-state index contributed by atoms with van der Waals surface area (Å²) in [5, 5.41) is 3.55. The van der Waals surface area contributed by atoms with E-state index in [0.29, 0.717) is 42.6 Å². The fourth-order valence-corrected chi connectivity index (χ4v) is 5.19. The van der Waals surface area contributed by atoms with Crippen LogP contribution in [0.3, 0.4) is 0 Å². The smallest absolute Gasteiger partial charge is 0.248 e. The fraction of sp³-hybridized carbons (Fsp3) is 0.292. The molecule has 0 atom stereocenters. The second-order valence-corrected chi connectivity index (χ2v) is 9.37. The van der Waals surface area contributed by atoms with Crippen LogP contribution in [0.15, 0.2) is 57.9 Å². The average Bonchev–Trinajstić information content (AvgIpc) is 3.27. The number of carbonyl (C=O) groups excluding carboxylic acids is 1. The molecule has 1 aliphatic rings. The standard InChI is InChI=1S/C24H26N2O7S/c1-3-32-20-9-7-18(16-22(20)34(28,29)26-11-13-31-14-12-26)25-23(27)10-8-19-15-17-5-4-6-21(30-2)24(17)33-19/h4-10,15-16H,3,11-14H2,1-2H3,(H,25,27)/b10-8+. The molecule has 2 heterocycles. The molecule has 1 aromatic heterocycles. The number of ether oxygens (including phenoxy) is 3. The predicted molar refractivity (Wildman–Crippen MR) is 128 cm³/mol. The van der Waals surface area contributed by atoms with Crippen molar-refractivity contribution < 1.29 is 31.8 Å². The van der Waals surface area contributed by atoms with Gasteiger partial charge in [-0.2, -0.15) is 4.31 Å². The van der Waals surface area contributed by atoms with Gasteiger partial charge >= 0.3 is 0 Å². The Morgan fingerprint density at radius 1 is 1.15 bits per heavy atom. The fourth-order valence-electron chi connectivity index (χ4n) is 3.63. The quantitative estimate of drug-likeness (QED) is 0.486. The number of fused-ring (bicyclic) bond motifs is 1. The minimum absolute atomic E-state index is 0.00223. The van der Waals surface area contributed by atoms with Crippen LogP contribution >= 0.6 is 0 Å². The van der Waals surface area contributed by atoms with Gasteiger partial charge in [0.05, 0.1) is 26.9 Å². The van der Waals surface area contributed by atoms with Crippen molar-refractivity contribution in [2.45, 2.75) is 11.8 Å². The van der Waals surface area contributed by atoms with Crippen molar-refractivity contribution in [3.05, 3.63) is 54.3 Å². The summed E-state index contributed by atoms with van der Waals surface area (Å²) in [6.45, 7) is 3.27. The Morgan fingerprint density at radius 2 is 1.94 bits per heavy atom. The van der Waals surface area contributed by atoms with E-state index in [1.54, 1.807) is 38.3 Å². The molecule has 2 aromatic carbocycles. The molecule has 10 heteroatoms. The number of sulfonamides is 1. The van der Waals surface area contributed by atoms with Crippen molar-refractivity contribution in [3.8, 4) is 11.5 Å². The molecule has 3 aromatic rings. The van der Waals surface area contributed by atoms with Crippen LogP contribution in [0.25, 0.3) is 17.0 Å². The van der Waals surface area contributed by atoms with Gasteiger partial charge in [0, 0.05) is 30.2 Å². The summed E-state index contributed by atoms with van der Waals surface area (Å²) in [5.74, 6) is 0.881. The van der Waals surface area contributed by atoms with Gasteiger partial charge < -0.3 is 23.9 Å². The maximum Gasteiger partial charge on any atom is 0.248 e. The van der Waals surface area contributed by atoms with Gasteiger partial charge in [0.25, 0.3) is 0 Å². The Labute approximate surface area is 197 Å². The molecule has 0 radical (unpaired) electrons. The van der Waals surface area contributed by atoms with Crippen LogP contribution in [0.2, 0.25) is 0 Å². The van der Waals surface area contributed by atoms with Gasteiger partial charge in [0.15, 0.2) is 11.3 Å². The first kappa shape index (κ1) is 23.8. The summed E-state index contributed by atoms with van der Waals surface area (Å²) in [7, 11) is -2.26. The first-order valence-electron chi connectivity index (χ1n) is 10.8. The maximum absolute atomic E-state index is 13.2. The van der Waals surface area contributed by atoms with Crippen LogP contribution in [-0.4, -0.2) is 58.7 Å². The van der Waals surface area contributed by atoms with Crippen LogP contribution in [0.4, 0.5) is 5.69 Å². The van der Waals surface area contributed by atoms with Crippen molar-refractivity contribution >= 4 is 38.7 Å². The van der Waals surface area contributed by atoms with E-state index in [2.05, 4.69) is 5.32 Å². The van der Waals surface area contributed by atoms with Crippen molar-refractivity contribution in [2.24, 2.45) is 0 Å². The molecule has 34 heavy (non-hydrogen) atoms. The minimum atomic E-state index is -3.82. The van der Waals surface area contributed by atoms with E-state index in [1.807, 2.05) is 12.1 Å². The number of rotatable bonds is 8. The summed E-state index contributed by atoms with van der Waals surface area (Å²) in [6.07, 6.45) is 2.85. The average molecular weight is 487 g/mol. The zero-order valence-corrected chi connectivity index (χ0v) is 19.8. The van der Waals surface area contributed by atoms with Crippen LogP contribution in [0.1, 0.15) is 12.7 Å². The molecule has 1 aliphatic heterocycles. The molecule has 1 N–H and O–H groups in total. The monoisotopic (exact) mass is 486 g/mol. The number of carbonyl (C=O) groups is 1. The van der Waals surface area contributed by atoms with E-state index >= 15 is 0 Å². The third-order valence-electron chi connectivity index (χ3n) is 5.24. The lowest BCUT2D eigenvalue weighted by Gasteiger charge is -2.27. The molecule has 1 fully saturated rings. The highest BCUT2D eigenvalue weighted by molar-refractivity contribution is 7.89. The van der Waals surface area contributed by atoms with Gasteiger partial charge in [-0.25, -0.2) is 8.42 Å². The zero-order chi connectivity index (χ0) is 24.1. The Morgan fingerprint density at radius 3 is 2.68 bits per heavy atom. The molecular weight excluding hydrogens is 460 g/mol. The largest absolute Gasteiger partial charge is 0.493 e. The first-order valence-corrected chi connectivity index (χ1v) is 12.3. The van der Waals surface area contributed by atoms with E-state index < -0.39 is 15.9 Å². The number of furan rings is 1. The van der Waals surface area contributed by atoms with Crippen LogP contribution in [0, 0.1) is 0 Å². The van der Waals surface area contributed by atoms with Crippen molar-refractivity contribution in [3.63, 3.8) is 0 Å². The van der Waals surface area contributed by atoms with Crippen molar-refractivity contribution in [2.75, 3.05) is 45.3 Å². The topological polar surface area (TPSA) is 107 Å². The predicted octanol–water partition coefficient (Wildman–Crippen LogP) is 3.51. The van der Waals surface area contributed by atoms with Gasteiger partial charge in [-0.15, -0.1) is 0 Å². The molecule has 4 rings (SSSR count). The van der Waals surface area contributed by atoms with Gasteiger partial charge in [-0.1, -0.05) is 12.1 Å². The van der Waals surface area contributed by atoms with E-state index in [9.17, 15) is 13.2 Å². The number of anilines is 1. The Balaban J connectivity index is 1.54. The Kier molecular flexibility index (Phi) is 7.20. The van der Waals surface area contributed by atoms with Crippen LogP contribution in [0.5, 0.6) is 11.5 Å². The lowest BCUT2D eigenvalue weighted by Crippen LogP contribution is -2.40. The number of hydrogen-bond donors (Lipinski definition) is 1. The lowest BCUT2D eigenvalue weighted by molar-refractivity contribution is -0.111. The Bertz CT molecular complexity index is 1310. The second-order valence-electron chi connectivity index (χ2n) is 7.46. The maximum atomic E-state index is 13.2. The minimum Gasteiger partial charge on any atom is -0.493 e. The van der Waals surface area contributed by atoms with Crippen LogP contribution < -0.4 is 14.8 Å². The third-order valence-corrected chi connectivity index (χ3v) is 7.16. The molecule has 0 spiro atoms. The molecule has 9 nitrogen and oxygen atoms in total. The first-order chi connectivity index (χ1) is 16.4.